The topological polar surface area (TPSA) is 113 Å². The highest BCUT2D eigenvalue weighted by Gasteiger charge is 2.44. The Labute approximate surface area is 233 Å². The minimum absolute atomic E-state index is 0.118. The summed E-state index contributed by atoms with van der Waals surface area (Å²) in [7, 11) is 0.421. The molecule has 9 heteroatoms. The van der Waals surface area contributed by atoms with Gasteiger partial charge >= 0.3 is 0 Å². The van der Waals surface area contributed by atoms with Crippen molar-refractivity contribution in [1.29, 1.82) is 0 Å². The van der Waals surface area contributed by atoms with Crippen molar-refractivity contribution in [2.45, 2.75) is 57.8 Å². The molecule has 1 atom stereocenters. The molecule has 3 aromatic rings. The number of aliphatic hydroxyl groups is 1. The van der Waals surface area contributed by atoms with Crippen LogP contribution in [0.25, 0.3) is 0 Å². The lowest BCUT2D eigenvalue weighted by Gasteiger charge is -2.36. The van der Waals surface area contributed by atoms with Gasteiger partial charge in [-0.2, -0.15) is 0 Å². The third kappa shape index (κ3) is 9.85. The van der Waals surface area contributed by atoms with Gasteiger partial charge in [-0.25, -0.2) is 13.4 Å². The molecule has 0 saturated heterocycles. The van der Waals surface area contributed by atoms with Crippen LogP contribution in [0.15, 0.2) is 65.2 Å². The van der Waals surface area contributed by atoms with Crippen molar-refractivity contribution in [1.82, 2.24) is 4.98 Å². The maximum atomic E-state index is 12.0. The molecule has 214 valence electrons. The first-order valence-corrected chi connectivity index (χ1v) is 15.3. The van der Waals surface area contributed by atoms with Gasteiger partial charge in [-0.3, -0.25) is 0 Å². The van der Waals surface area contributed by atoms with Gasteiger partial charge in [0.25, 0.3) is 0 Å². The molecule has 0 bridgehead atoms. The standard InChI is InChI=1S/C29H39N2O3.CH4O3S/c1-23-14-16-24(17-15-23)22-33-19-18-31(2,3)21-27-20-30-28(34-27)29(32,25-10-6-4-7-11-25)26-12-8-5-9-13-26;1-5(2,3)4/h4,6-7,10-11,14-17,20,26,32H,5,8-9,12-13,18-19,21-22H2,1-3H3;1H3,(H,2,3,4)/q+1;/p-1/t29-;/m0./s1. The van der Waals surface area contributed by atoms with E-state index in [1.807, 2.05) is 30.3 Å². The summed E-state index contributed by atoms with van der Waals surface area (Å²) >= 11 is 0. The fraction of sp³-hybridized carbons (Fsp3) is 0.500. The highest BCUT2D eigenvalue weighted by molar-refractivity contribution is 7.84. The summed E-state index contributed by atoms with van der Waals surface area (Å²) in [6, 6.07) is 18.4. The first kappa shape index (κ1) is 31.0. The van der Waals surface area contributed by atoms with E-state index in [1.165, 1.54) is 17.5 Å². The maximum Gasteiger partial charge on any atom is 0.231 e. The van der Waals surface area contributed by atoms with Gasteiger partial charge in [0.05, 0.1) is 43.6 Å². The van der Waals surface area contributed by atoms with E-state index < -0.39 is 15.7 Å². The lowest BCUT2D eigenvalue weighted by Crippen LogP contribution is -2.41. The van der Waals surface area contributed by atoms with Gasteiger partial charge in [0.2, 0.25) is 5.89 Å². The summed E-state index contributed by atoms with van der Waals surface area (Å²) in [4.78, 5) is 4.61. The molecule has 1 heterocycles. The summed E-state index contributed by atoms with van der Waals surface area (Å²) in [5.41, 5.74) is 2.14. The van der Waals surface area contributed by atoms with Gasteiger partial charge in [0, 0.05) is 12.2 Å². The molecule has 1 aliphatic rings. The van der Waals surface area contributed by atoms with Gasteiger partial charge in [-0.05, 0) is 30.9 Å². The van der Waals surface area contributed by atoms with E-state index >= 15 is 0 Å². The summed E-state index contributed by atoms with van der Waals surface area (Å²) in [5, 5.41) is 12.0. The molecule has 4 rings (SSSR count). The molecule has 39 heavy (non-hydrogen) atoms. The fourth-order valence-electron chi connectivity index (χ4n) is 4.99. The molecule has 8 nitrogen and oxygen atoms in total. The van der Waals surface area contributed by atoms with E-state index in [-0.39, 0.29) is 5.92 Å². The summed E-state index contributed by atoms with van der Waals surface area (Å²) in [5.74, 6) is 1.34. The quantitative estimate of drug-likeness (QED) is 0.217. The van der Waals surface area contributed by atoms with Crippen LogP contribution in [-0.4, -0.2) is 61.0 Å². The number of hydrogen-bond donors (Lipinski definition) is 1. The predicted molar refractivity (Wildman–Crippen MR) is 150 cm³/mol. The second-order valence-electron chi connectivity index (χ2n) is 11.2. The van der Waals surface area contributed by atoms with E-state index in [9.17, 15) is 5.11 Å². The Morgan fingerprint density at radius 2 is 1.69 bits per heavy atom. The number of quaternary nitrogens is 1. The number of benzene rings is 2. The van der Waals surface area contributed by atoms with Crippen LogP contribution < -0.4 is 0 Å². The van der Waals surface area contributed by atoms with Gasteiger partial charge in [0.15, 0.2) is 11.4 Å². The first-order chi connectivity index (χ1) is 18.4. The molecule has 1 N–H and O–H groups in total. The van der Waals surface area contributed by atoms with Gasteiger partial charge in [-0.1, -0.05) is 79.4 Å². The first-order valence-electron chi connectivity index (χ1n) is 13.5. The zero-order valence-corrected chi connectivity index (χ0v) is 24.3. The van der Waals surface area contributed by atoms with Crippen LogP contribution in [0.1, 0.15) is 60.4 Å². The number of aryl methyl sites for hydroxylation is 1. The third-order valence-electron chi connectivity index (χ3n) is 7.10. The van der Waals surface area contributed by atoms with Crippen molar-refractivity contribution in [3.8, 4) is 0 Å². The van der Waals surface area contributed by atoms with E-state index in [4.69, 9.17) is 22.1 Å². The second kappa shape index (κ2) is 13.7. The number of likely N-dealkylation sites (N-methyl/N-ethyl adjacent to an activating group) is 1. The lowest BCUT2D eigenvalue weighted by molar-refractivity contribution is -0.905. The monoisotopic (exact) mass is 558 g/mol. The number of rotatable bonds is 10. The van der Waals surface area contributed by atoms with Gasteiger partial charge in [-0.15, -0.1) is 0 Å². The molecular weight excluding hydrogens is 516 g/mol. The molecule has 0 amide bonds. The fourth-order valence-corrected chi connectivity index (χ4v) is 4.99. The largest absolute Gasteiger partial charge is 0.748 e. The SMILES string of the molecule is CS(=O)(=O)[O-].Cc1ccc(COCC[N+](C)(C)Cc2cnc([C@](O)(c3ccccc3)C3CCCCC3)o2)cc1. The van der Waals surface area contributed by atoms with Crippen molar-refractivity contribution in [3.05, 3.63) is 89.1 Å². The van der Waals surface area contributed by atoms with Crippen molar-refractivity contribution < 1.29 is 31.7 Å². The van der Waals surface area contributed by atoms with E-state index in [0.717, 1.165) is 48.0 Å². The molecule has 0 aliphatic heterocycles. The Kier molecular flexibility index (Phi) is 10.9. The minimum Gasteiger partial charge on any atom is -0.748 e. The van der Waals surface area contributed by atoms with Crippen LogP contribution in [0.5, 0.6) is 0 Å². The van der Waals surface area contributed by atoms with E-state index in [0.29, 0.717) is 31.9 Å². The molecule has 0 unspecified atom stereocenters. The lowest BCUT2D eigenvalue weighted by atomic mass is 9.73. The number of oxazole rings is 1. The molecule has 2 aromatic carbocycles. The zero-order chi connectivity index (χ0) is 28.5. The second-order valence-corrected chi connectivity index (χ2v) is 12.6. The Bertz CT molecular complexity index is 1240. The summed E-state index contributed by atoms with van der Waals surface area (Å²) in [6.45, 7) is 4.93. The van der Waals surface area contributed by atoms with Gasteiger partial charge in [0.1, 0.15) is 13.1 Å². The molecule has 0 radical (unpaired) electrons. The Hall–Kier alpha value is -2.56. The highest BCUT2D eigenvalue weighted by atomic mass is 32.2. The average Bonchev–Trinajstić information content (AvgIpc) is 3.35. The van der Waals surface area contributed by atoms with Crippen molar-refractivity contribution in [2.75, 3.05) is 33.5 Å². The Morgan fingerprint density at radius 1 is 1.08 bits per heavy atom. The number of aromatic nitrogens is 1. The van der Waals surface area contributed by atoms with Crippen LogP contribution in [-0.2, 0) is 33.6 Å². The molecular formula is C30H42N2O6S. The highest BCUT2D eigenvalue weighted by Crippen LogP contribution is 2.43. The molecule has 1 fully saturated rings. The van der Waals surface area contributed by atoms with Crippen LogP contribution in [0.2, 0.25) is 0 Å². The van der Waals surface area contributed by atoms with Crippen molar-refractivity contribution >= 4 is 10.1 Å². The Balaban J connectivity index is 0.000000771. The normalized spacial score (nSPS) is 16.3. The number of ether oxygens (including phenoxy) is 1. The van der Waals surface area contributed by atoms with Crippen LogP contribution in [0.3, 0.4) is 0 Å². The van der Waals surface area contributed by atoms with Crippen molar-refractivity contribution in [3.63, 3.8) is 0 Å². The smallest absolute Gasteiger partial charge is 0.231 e. The van der Waals surface area contributed by atoms with Crippen LogP contribution >= 0.6 is 0 Å². The summed E-state index contributed by atoms with van der Waals surface area (Å²) in [6.07, 6.45) is 7.88. The Morgan fingerprint density at radius 3 is 2.31 bits per heavy atom. The third-order valence-corrected chi connectivity index (χ3v) is 7.10. The van der Waals surface area contributed by atoms with Gasteiger partial charge < -0.3 is 23.3 Å². The maximum absolute atomic E-state index is 12.0. The van der Waals surface area contributed by atoms with Crippen LogP contribution in [0, 0.1) is 12.8 Å². The molecule has 1 aromatic heterocycles. The van der Waals surface area contributed by atoms with Crippen molar-refractivity contribution in [2.24, 2.45) is 5.92 Å². The molecule has 1 aliphatic carbocycles. The van der Waals surface area contributed by atoms with Crippen LogP contribution in [0.4, 0.5) is 0 Å². The number of hydrogen-bond acceptors (Lipinski definition) is 7. The predicted octanol–water partition coefficient (Wildman–Crippen LogP) is 4.75. The zero-order valence-electron chi connectivity index (χ0n) is 23.5. The summed E-state index contributed by atoms with van der Waals surface area (Å²) < 4.78 is 40.1. The number of nitrogens with zero attached hydrogens (tertiary/aromatic N) is 2. The van der Waals surface area contributed by atoms with E-state index in [1.54, 1.807) is 6.20 Å². The molecule has 0 spiro atoms. The molecule has 1 saturated carbocycles. The van der Waals surface area contributed by atoms with E-state index in [2.05, 4.69) is 50.3 Å². The minimum atomic E-state index is -3.92. The average molecular weight is 559 g/mol.